The minimum Gasteiger partial charge on any atom is -0.439 e. The molecule has 0 aliphatic rings. The molecule has 0 aliphatic heterocycles. The minimum atomic E-state index is -0.336. The Morgan fingerprint density at radius 2 is 1.61 bits per heavy atom. The van der Waals surface area contributed by atoms with Crippen LogP contribution in [0.5, 0.6) is 23.3 Å². The van der Waals surface area contributed by atoms with E-state index in [1.165, 1.54) is 24.3 Å². The largest absolute Gasteiger partial charge is 0.439 e. The van der Waals surface area contributed by atoms with Crippen LogP contribution in [0.3, 0.4) is 0 Å². The number of nitrogens with one attached hydrogen (secondary N) is 1. The maximum absolute atomic E-state index is 13.0. The number of hydrogen-bond donors (Lipinski definition) is 1. The number of ether oxygens (including phenoxy) is 2. The lowest BCUT2D eigenvalue weighted by atomic mass is 10.2. The highest BCUT2D eigenvalue weighted by Gasteiger charge is 2.14. The average Bonchev–Trinajstić information content (AvgIpc) is 2.81. The summed E-state index contributed by atoms with van der Waals surface area (Å²) in [5, 5.41) is 2.84. The third-order valence-corrected chi connectivity index (χ3v) is 4.26. The molecule has 1 amide bonds. The molecule has 0 radical (unpaired) electrons. The molecule has 31 heavy (non-hydrogen) atoms. The minimum absolute atomic E-state index is 0.229. The van der Waals surface area contributed by atoms with Crippen molar-refractivity contribution in [3.8, 4) is 23.3 Å². The Bertz CT molecular complexity index is 1150. The molecule has 6 nitrogen and oxygen atoms in total. The van der Waals surface area contributed by atoms with Gasteiger partial charge in [0.05, 0.1) is 0 Å². The molecule has 154 valence electrons. The number of para-hydroxylation sites is 1. The van der Waals surface area contributed by atoms with Crippen LogP contribution < -0.4 is 14.8 Å². The normalized spacial score (nSPS) is 10.4. The van der Waals surface area contributed by atoms with Crippen molar-refractivity contribution in [3.05, 3.63) is 108 Å². The van der Waals surface area contributed by atoms with Gasteiger partial charge in [0.15, 0.2) is 0 Å². The van der Waals surface area contributed by atoms with Crippen molar-refractivity contribution in [2.45, 2.75) is 6.54 Å². The number of nitrogens with zero attached hydrogens (tertiary/aromatic N) is 2. The molecule has 0 atom stereocenters. The van der Waals surface area contributed by atoms with E-state index >= 15 is 0 Å². The Morgan fingerprint density at radius 3 is 2.35 bits per heavy atom. The Hall–Kier alpha value is -4.26. The summed E-state index contributed by atoms with van der Waals surface area (Å²) in [7, 11) is 0. The van der Waals surface area contributed by atoms with Gasteiger partial charge in [-0.15, -0.1) is 0 Å². The number of rotatable bonds is 7. The molecule has 4 rings (SSSR count). The molecule has 0 saturated carbocycles. The number of carbonyl (C=O) groups excluding carboxylic acids is 1. The van der Waals surface area contributed by atoms with Crippen molar-refractivity contribution in [1.82, 2.24) is 15.3 Å². The van der Waals surface area contributed by atoms with Gasteiger partial charge in [0.2, 0.25) is 11.8 Å². The highest BCUT2D eigenvalue weighted by atomic mass is 19.1. The summed E-state index contributed by atoms with van der Waals surface area (Å²) in [5.74, 6) is 1.02. The molecule has 0 aliphatic carbocycles. The Labute approximate surface area is 178 Å². The SMILES string of the molecule is O=C(NCc1ccc(Oc2ccc(F)cc2)nc1)c1cccnc1Oc1ccccc1. The molecule has 0 saturated heterocycles. The lowest BCUT2D eigenvalue weighted by molar-refractivity contribution is 0.0948. The lowest BCUT2D eigenvalue weighted by Crippen LogP contribution is -2.23. The van der Waals surface area contributed by atoms with Crippen molar-refractivity contribution in [2.24, 2.45) is 0 Å². The molecule has 7 heteroatoms. The summed E-state index contributed by atoms with van der Waals surface area (Å²) in [6.07, 6.45) is 3.17. The van der Waals surface area contributed by atoms with Crippen LogP contribution in [0.2, 0.25) is 0 Å². The van der Waals surface area contributed by atoms with Gasteiger partial charge in [0.25, 0.3) is 5.91 Å². The van der Waals surface area contributed by atoms with Crippen LogP contribution >= 0.6 is 0 Å². The van der Waals surface area contributed by atoms with E-state index in [1.54, 1.807) is 48.8 Å². The third-order valence-electron chi connectivity index (χ3n) is 4.26. The Morgan fingerprint density at radius 1 is 0.839 bits per heavy atom. The van der Waals surface area contributed by atoms with Gasteiger partial charge < -0.3 is 14.8 Å². The molecule has 0 spiro atoms. The fraction of sp³-hybridized carbons (Fsp3) is 0.0417. The second-order valence-corrected chi connectivity index (χ2v) is 6.51. The first-order valence-corrected chi connectivity index (χ1v) is 9.52. The number of hydrogen-bond acceptors (Lipinski definition) is 5. The topological polar surface area (TPSA) is 73.3 Å². The van der Waals surface area contributed by atoms with Gasteiger partial charge in [-0.25, -0.2) is 14.4 Å². The summed E-state index contributed by atoms with van der Waals surface area (Å²) >= 11 is 0. The fourth-order valence-corrected chi connectivity index (χ4v) is 2.72. The zero-order valence-corrected chi connectivity index (χ0v) is 16.4. The summed E-state index contributed by atoms with van der Waals surface area (Å²) in [6.45, 7) is 0.266. The van der Waals surface area contributed by atoms with Gasteiger partial charge in [-0.3, -0.25) is 4.79 Å². The average molecular weight is 415 g/mol. The Kier molecular flexibility index (Phi) is 6.13. The zero-order chi connectivity index (χ0) is 21.5. The first-order chi connectivity index (χ1) is 15.2. The van der Waals surface area contributed by atoms with Crippen LogP contribution in [0.4, 0.5) is 4.39 Å². The fourth-order valence-electron chi connectivity index (χ4n) is 2.72. The number of pyridine rings is 2. The highest BCUT2D eigenvalue weighted by molar-refractivity contribution is 5.96. The monoisotopic (exact) mass is 415 g/mol. The molecule has 0 unspecified atom stereocenters. The number of amides is 1. The summed E-state index contributed by atoms with van der Waals surface area (Å²) < 4.78 is 24.3. The van der Waals surface area contributed by atoms with E-state index in [1.807, 2.05) is 18.2 Å². The number of benzene rings is 2. The number of carbonyl (C=O) groups is 1. The molecule has 2 aromatic carbocycles. The van der Waals surface area contributed by atoms with E-state index in [0.29, 0.717) is 22.9 Å². The van der Waals surface area contributed by atoms with Crippen molar-refractivity contribution < 1.29 is 18.7 Å². The van der Waals surface area contributed by atoms with E-state index in [4.69, 9.17) is 9.47 Å². The molecule has 0 fully saturated rings. The predicted octanol–water partition coefficient (Wildman–Crippen LogP) is 5.13. The van der Waals surface area contributed by atoms with Crippen molar-refractivity contribution in [3.63, 3.8) is 0 Å². The van der Waals surface area contributed by atoms with Crippen LogP contribution in [-0.2, 0) is 6.54 Å². The second kappa shape index (κ2) is 9.49. The summed E-state index contributed by atoms with van der Waals surface area (Å²) in [6, 6.07) is 21.6. The van der Waals surface area contributed by atoms with Crippen molar-refractivity contribution in [1.29, 1.82) is 0 Å². The number of aromatic nitrogens is 2. The maximum atomic E-state index is 13.0. The third kappa shape index (κ3) is 5.42. The first-order valence-electron chi connectivity index (χ1n) is 9.52. The van der Waals surface area contributed by atoms with Crippen LogP contribution in [0.1, 0.15) is 15.9 Å². The smallest absolute Gasteiger partial charge is 0.257 e. The van der Waals surface area contributed by atoms with Crippen LogP contribution in [-0.4, -0.2) is 15.9 Å². The standard InChI is InChI=1S/C24H18FN3O3/c25-18-9-11-20(12-10-18)30-22-13-8-17(15-27-22)16-28-23(29)21-7-4-14-26-24(21)31-19-5-2-1-3-6-19/h1-15H,16H2,(H,28,29). The molecule has 2 aromatic heterocycles. The summed E-state index contributed by atoms with van der Waals surface area (Å²) in [5.41, 5.74) is 1.12. The predicted molar refractivity (Wildman–Crippen MR) is 113 cm³/mol. The summed E-state index contributed by atoms with van der Waals surface area (Å²) in [4.78, 5) is 21.0. The van der Waals surface area contributed by atoms with E-state index in [-0.39, 0.29) is 24.1 Å². The van der Waals surface area contributed by atoms with E-state index in [0.717, 1.165) is 5.56 Å². The van der Waals surface area contributed by atoms with Gasteiger partial charge in [-0.1, -0.05) is 24.3 Å². The van der Waals surface area contributed by atoms with Crippen molar-refractivity contribution >= 4 is 5.91 Å². The zero-order valence-electron chi connectivity index (χ0n) is 16.4. The lowest BCUT2D eigenvalue weighted by Gasteiger charge is -2.10. The van der Waals surface area contributed by atoms with E-state index in [9.17, 15) is 9.18 Å². The van der Waals surface area contributed by atoms with Crippen LogP contribution in [0.25, 0.3) is 0 Å². The van der Waals surface area contributed by atoms with E-state index in [2.05, 4.69) is 15.3 Å². The van der Waals surface area contributed by atoms with Crippen LogP contribution in [0, 0.1) is 5.82 Å². The molecule has 0 bridgehead atoms. The molecule has 2 heterocycles. The first kappa shape index (κ1) is 20.0. The van der Waals surface area contributed by atoms with Gasteiger partial charge in [0, 0.05) is 25.0 Å². The maximum Gasteiger partial charge on any atom is 0.257 e. The van der Waals surface area contributed by atoms with Crippen molar-refractivity contribution in [2.75, 3.05) is 0 Å². The quantitative estimate of drug-likeness (QED) is 0.453. The second-order valence-electron chi connectivity index (χ2n) is 6.51. The van der Waals surface area contributed by atoms with E-state index < -0.39 is 0 Å². The van der Waals surface area contributed by atoms with Gasteiger partial charge in [-0.2, -0.15) is 0 Å². The number of halogens is 1. The Balaban J connectivity index is 1.37. The molecular weight excluding hydrogens is 397 g/mol. The van der Waals surface area contributed by atoms with Gasteiger partial charge >= 0.3 is 0 Å². The van der Waals surface area contributed by atoms with Gasteiger partial charge in [-0.05, 0) is 54.1 Å². The molecule has 1 N–H and O–H groups in total. The molecular formula is C24H18FN3O3. The highest BCUT2D eigenvalue weighted by Crippen LogP contribution is 2.23. The van der Waals surface area contributed by atoms with Gasteiger partial charge in [0.1, 0.15) is 22.9 Å². The van der Waals surface area contributed by atoms with Crippen LogP contribution in [0.15, 0.2) is 91.3 Å². The molecule has 4 aromatic rings.